The maximum Gasteiger partial charge on any atom is 0.343 e. The van der Waals surface area contributed by atoms with Crippen molar-refractivity contribution in [3.8, 4) is 11.5 Å². The maximum absolute atomic E-state index is 12.7. The minimum Gasteiger partial charge on any atom is -0.497 e. The van der Waals surface area contributed by atoms with Crippen LogP contribution in [0.4, 0.5) is 4.79 Å². The summed E-state index contributed by atoms with van der Waals surface area (Å²) in [5.41, 5.74) is 3.14. The second-order valence-corrected chi connectivity index (χ2v) is 8.43. The molecule has 4 rings (SSSR count). The lowest BCUT2D eigenvalue weighted by molar-refractivity contribution is -0.123. The summed E-state index contributed by atoms with van der Waals surface area (Å²) in [6, 6.07) is 21.1. The monoisotopic (exact) mass is 459 g/mol. The summed E-state index contributed by atoms with van der Waals surface area (Å²) >= 11 is 0.917. The highest BCUT2D eigenvalue weighted by Gasteiger charge is 2.34. The number of aryl methyl sites for hydroxylation is 1. The van der Waals surface area contributed by atoms with Gasteiger partial charge in [0.25, 0.3) is 11.1 Å². The van der Waals surface area contributed by atoms with E-state index in [2.05, 4.69) is 0 Å². The number of ether oxygens (including phenoxy) is 2. The van der Waals surface area contributed by atoms with Crippen LogP contribution in [-0.4, -0.2) is 29.1 Å². The fraction of sp³-hybridized carbons (Fsp3) is 0.115. The quantitative estimate of drug-likeness (QED) is 0.277. The average molecular weight is 460 g/mol. The Balaban J connectivity index is 1.41. The molecule has 0 spiro atoms. The van der Waals surface area contributed by atoms with Gasteiger partial charge in [-0.05, 0) is 72.3 Å². The summed E-state index contributed by atoms with van der Waals surface area (Å²) in [7, 11) is 1.55. The van der Waals surface area contributed by atoms with Gasteiger partial charge in [-0.15, -0.1) is 0 Å². The SMILES string of the molecule is COc1ccc(C(=O)Oc2ccc(/C=C3/SC(=O)N(Cc4ccc(C)cc4)C3=O)cc2)cc1. The van der Waals surface area contributed by atoms with Crippen molar-refractivity contribution in [3.05, 3.63) is 100.0 Å². The van der Waals surface area contributed by atoms with E-state index < -0.39 is 5.97 Å². The number of hydrogen-bond donors (Lipinski definition) is 0. The van der Waals surface area contributed by atoms with Crippen molar-refractivity contribution in [2.45, 2.75) is 13.5 Å². The molecule has 1 aliphatic rings. The smallest absolute Gasteiger partial charge is 0.343 e. The van der Waals surface area contributed by atoms with Crippen LogP contribution in [0, 0.1) is 6.92 Å². The van der Waals surface area contributed by atoms with Crippen LogP contribution in [0.1, 0.15) is 27.0 Å². The molecule has 2 amide bonds. The Morgan fingerprint density at radius 2 is 1.55 bits per heavy atom. The average Bonchev–Trinajstić information content (AvgIpc) is 3.09. The number of thioether (sulfide) groups is 1. The fourth-order valence-corrected chi connectivity index (χ4v) is 4.03. The van der Waals surface area contributed by atoms with Crippen LogP contribution >= 0.6 is 11.8 Å². The van der Waals surface area contributed by atoms with Crippen LogP contribution in [0.25, 0.3) is 6.08 Å². The molecule has 1 fully saturated rings. The first-order chi connectivity index (χ1) is 15.9. The van der Waals surface area contributed by atoms with Crippen molar-refractivity contribution in [2.75, 3.05) is 7.11 Å². The molecule has 33 heavy (non-hydrogen) atoms. The maximum atomic E-state index is 12.7. The first kappa shape index (κ1) is 22.4. The standard InChI is InChI=1S/C26H21NO5S/c1-17-3-5-19(6-4-17)16-27-24(28)23(33-26(27)30)15-18-7-11-22(12-8-18)32-25(29)20-9-13-21(31-2)14-10-20/h3-15H,16H2,1-2H3/b23-15+. The minimum absolute atomic E-state index is 0.239. The number of nitrogens with zero attached hydrogens (tertiary/aromatic N) is 1. The first-order valence-electron chi connectivity index (χ1n) is 10.2. The van der Waals surface area contributed by atoms with E-state index in [1.807, 2.05) is 31.2 Å². The second kappa shape index (κ2) is 9.75. The third-order valence-corrected chi connectivity index (χ3v) is 5.96. The van der Waals surface area contributed by atoms with E-state index >= 15 is 0 Å². The van der Waals surface area contributed by atoms with Gasteiger partial charge >= 0.3 is 5.97 Å². The van der Waals surface area contributed by atoms with Gasteiger partial charge in [-0.1, -0.05) is 42.0 Å². The molecule has 6 nitrogen and oxygen atoms in total. The minimum atomic E-state index is -0.484. The number of rotatable bonds is 6. The lowest BCUT2D eigenvalue weighted by Gasteiger charge is -2.12. The van der Waals surface area contributed by atoms with Crippen LogP contribution in [0.3, 0.4) is 0 Å². The molecule has 0 aromatic heterocycles. The Morgan fingerprint density at radius 1 is 0.909 bits per heavy atom. The van der Waals surface area contributed by atoms with Gasteiger partial charge in [0.2, 0.25) is 0 Å². The van der Waals surface area contributed by atoms with Gasteiger partial charge in [-0.3, -0.25) is 14.5 Å². The molecule has 0 N–H and O–H groups in total. The number of carbonyl (C=O) groups excluding carboxylic acids is 3. The van der Waals surface area contributed by atoms with Crippen LogP contribution in [-0.2, 0) is 11.3 Å². The van der Waals surface area contributed by atoms with Crippen molar-refractivity contribution in [1.29, 1.82) is 0 Å². The number of imide groups is 1. The Kier molecular flexibility index (Phi) is 6.60. The number of amides is 2. The molecule has 0 aliphatic carbocycles. The first-order valence-corrected chi connectivity index (χ1v) is 11.0. The summed E-state index contributed by atoms with van der Waals surface area (Å²) in [6.07, 6.45) is 1.66. The van der Waals surface area contributed by atoms with Crippen molar-refractivity contribution < 1.29 is 23.9 Å². The van der Waals surface area contributed by atoms with E-state index in [1.165, 1.54) is 4.90 Å². The summed E-state index contributed by atoms with van der Waals surface area (Å²) in [5, 5.41) is -0.295. The van der Waals surface area contributed by atoms with Crippen molar-refractivity contribution >= 4 is 35.0 Å². The summed E-state index contributed by atoms with van der Waals surface area (Å²) in [6.45, 7) is 2.22. The van der Waals surface area contributed by atoms with E-state index in [9.17, 15) is 14.4 Å². The zero-order chi connectivity index (χ0) is 23.4. The largest absolute Gasteiger partial charge is 0.497 e. The highest BCUT2D eigenvalue weighted by molar-refractivity contribution is 8.18. The van der Waals surface area contributed by atoms with Gasteiger partial charge in [0, 0.05) is 0 Å². The predicted octanol–water partition coefficient (Wildman–Crippen LogP) is 5.46. The molecule has 1 heterocycles. The molecule has 1 aliphatic heterocycles. The topological polar surface area (TPSA) is 72.9 Å². The second-order valence-electron chi connectivity index (χ2n) is 7.44. The summed E-state index contributed by atoms with van der Waals surface area (Å²) < 4.78 is 10.5. The van der Waals surface area contributed by atoms with Gasteiger partial charge in [0.05, 0.1) is 24.1 Å². The van der Waals surface area contributed by atoms with E-state index in [1.54, 1.807) is 61.7 Å². The number of esters is 1. The van der Waals surface area contributed by atoms with Gasteiger partial charge in [0.15, 0.2) is 0 Å². The van der Waals surface area contributed by atoms with Gasteiger partial charge in [0.1, 0.15) is 11.5 Å². The number of benzene rings is 3. The molecule has 3 aromatic rings. The molecule has 0 radical (unpaired) electrons. The molecular weight excluding hydrogens is 438 g/mol. The van der Waals surface area contributed by atoms with E-state index in [0.29, 0.717) is 22.0 Å². The third-order valence-electron chi connectivity index (χ3n) is 5.05. The molecule has 1 saturated heterocycles. The third kappa shape index (κ3) is 5.32. The molecular formula is C26H21NO5S. The van der Waals surface area contributed by atoms with Gasteiger partial charge in [-0.2, -0.15) is 0 Å². The molecule has 0 unspecified atom stereocenters. The van der Waals surface area contributed by atoms with Crippen LogP contribution in [0.5, 0.6) is 11.5 Å². The highest BCUT2D eigenvalue weighted by atomic mass is 32.2. The van der Waals surface area contributed by atoms with Gasteiger partial charge in [-0.25, -0.2) is 4.79 Å². The molecule has 3 aromatic carbocycles. The number of methoxy groups -OCH3 is 1. The Labute approximate surface area is 195 Å². The van der Waals surface area contributed by atoms with E-state index in [0.717, 1.165) is 28.5 Å². The zero-order valence-electron chi connectivity index (χ0n) is 18.1. The summed E-state index contributed by atoms with van der Waals surface area (Å²) in [5.74, 6) is 0.225. The molecule has 0 atom stereocenters. The highest BCUT2D eigenvalue weighted by Crippen LogP contribution is 2.33. The van der Waals surface area contributed by atoms with Crippen molar-refractivity contribution in [1.82, 2.24) is 4.90 Å². The van der Waals surface area contributed by atoms with Crippen molar-refractivity contribution in [2.24, 2.45) is 0 Å². The Morgan fingerprint density at radius 3 is 2.18 bits per heavy atom. The molecule has 7 heteroatoms. The Hall–Kier alpha value is -3.84. The normalized spacial score (nSPS) is 14.6. The van der Waals surface area contributed by atoms with Gasteiger partial charge < -0.3 is 9.47 Å². The fourth-order valence-electron chi connectivity index (χ4n) is 3.19. The van der Waals surface area contributed by atoms with Crippen LogP contribution < -0.4 is 9.47 Å². The van der Waals surface area contributed by atoms with E-state index in [-0.39, 0.29) is 17.7 Å². The number of carbonyl (C=O) groups is 3. The number of hydrogen-bond acceptors (Lipinski definition) is 6. The molecule has 166 valence electrons. The lowest BCUT2D eigenvalue weighted by atomic mass is 10.1. The van der Waals surface area contributed by atoms with Crippen LogP contribution in [0.2, 0.25) is 0 Å². The van der Waals surface area contributed by atoms with Crippen molar-refractivity contribution in [3.63, 3.8) is 0 Å². The molecule has 0 bridgehead atoms. The zero-order valence-corrected chi connectivity index (χ0v) is 18.9. The van der Waals surface area contributed by atoms with Crippen LogP contribution in [0.15, 0.2) is 77.7 Å². The Bertz CT molecular complexity index is 1220. The van der Waals surface area contributed by atoms with E-state index in [4.69, 9.17) is 9.47 Å². The predicted molar refractivity (Wildman–Crippen MR) is 127 cm³/mol. The molecule has 0 saturated carbocycles. The summed E-state index contributed by atoms with van der Waals surface area (Å²) in [4.78, 5) is 39.0. The lowest BCUT2D eigenvalue weighted by Crippen LogP contribution is -2.27.